The lowest BCUT2D eigenvalue weighted by atomic mass is 10.7. The van der Waals surface area contributed by atoms with Crippen LogP contribution in [-0.4, -0.2) is 54.2 Å². The SMILES string of the molecule is C=CN(CC)/N=C\N(C)N(C)N(C)C=C. The number of hydrazone groups is 1. The molecule has 0 saturated carbocycles. The Morgan fingerprint density at radius 2 is 1.67 bits per heavy atom. The zero-order valence-corrected chi connectivity index (χ0v) is 10.1. The van der Waals surface area contributed by atoms with Gasteiger partial charge < -0.3 is 0 Å². The van der Waals surface area contributed by atoms with Crippen LogP contribution in [0.1, 0.15) is 6.92 Å². The van der Waals surface area contributed by atoms with E-state index in [-0.39, 0.29) is 0 Å². The molecule has 0 fully saturated rings. The molecule has 0 aromatic rings. The zero-order chi connectivity index (χ0) is 11.8. The fourth-order valence-electron chi connectivity index (χ4n) is 0.814. The van der Waals surface area contributed by atoms with Gasteiger partial charge in [-0.2, -0.15) is 5.10 Å². The third kappa shape index (κ3) is 4.51. The molecule has 0 saturated heterocycles. The van der Waals surface area contributed by atoms with Crippen LogP contribution in [0.2, 0.25) is 0 Å². The average Bonchev–Trinajstić information content (AvgIpc) is 2.27. The molecule has 0 bridgehead atoms. The second-order valence-electron chi connectivity index (χ2n) is 2.99. The molecule has 0 aliphatic rings. The largest absolute Gasteiger partial charge is 0.299 e. The maximum absolute atomic E-state index is 4.21. The summed E-state index contributed by atoms with van der Waals surface area (Å²) in [7, 11) is 5.72. The topological polar surface area (TPSA) is 25.3 Å². The minimum absolute atomic E-state index is 0.800. The van der Waals surface area contributed by atoms with Gasteiger partial charge in [-0.3, -0.25) is 15.0 Å². The van der Waals surface area contributed by atoms with Crippen molar-refractivity contribution >= 4 is 6.34 Å². The highest BCUT2D eigenvalue weighted by Gasteiger charge is 2.04. The van der Waals surface area contributed by atoms with E-state index >= 15 is 0 Å². The highest BCUT2D eigenvalue weighted by Crippen LogP contribution is 1.94. The molecule has 0 heterocycles. The number of nitrogens with zero attached hydrogens (tertiary/aromatic N) is 5. The number of hydrogen-bond donors (Lipinski definition) is 0. The monoisotopic (exact) mass is 211 g/mol. The summed E-state index contributed by atoms with van der Waals surface area (Å²) in [5.74, 6) is 0. The Morgan fingerprint density at radius 1 is 1.07 bits per heavy atom. The van der Waals surface area contributed by atoms with E-state index in [1.165, 1.54) is 0 Å². The van der Waals surface area contributed by atoms with Crippen molar-refractivity contribution in [3.8, 4) is 0 Å². The van der Waals surface area contributed by atoms with E-state index in [9.17, 15) is 0 Å². The normalized spacial score (nSPS) is 10.5. The summed E-state index contributed by atoms with van der Waals surface area (Å²) in [6, 6.07) is 0. The van der Waals surface area contributed by atoms with E-state index in [1.807, 2.05) is 43.2 Å². The Bertz CT molecular complexity index is 226. The van der Waals surface area contributed by atoms with Gasteiger partial charge in [0.05, 0.1) is 0 Å². The Labute approximate surface area is 92.5 Å². The summed E-state index contributed by atoms with van der Waals surface area (Å²) in [5.41, 5.74) is 0. The van der Waals surface area contributed by atoms with Crippen molar-refractivity contribution in [3.05, 3.63) is 25.6 Å². The summed E-state index contributed by atoms with van der Waals surface area (Å²) in [6.45, 7) is 10.2. The van der Waals surface area contributed by atoms with E-state index in [2.05, 4.69) is 18.3 Å². The smallest absolute Gasteiger partial charge is 0.127 e. The van der Waals surface area contributed by atoms with Crippen LogP contribution in [0.3, 0.4) is 0 Å². The van der Waals surface area contributed by atoms with Gasteiger partial charge in [-0.1, -0.05) is 13.2 Å². The Morgan fingerprint density at radius 3 is 2.07 bits per heavy atom. The van der Waals surface area contributed by atoms with Crippen molar-refractivity contribution < 1.29 is 0 Å². The predicted octanol–water partition coefficient (Wildman–Crippen LogP) is 1.16. The van der Waals surface area contributed by atoms with Gasteiger partial charge in [-0.15, -0.1) is 5.12 Å². The average molecular weight is 211 g/mol. The minimum atomic E-state index is 0.800. The van der Waals surface area contributed by atoms with Crippen LogP contribution < -0.4 is 0 Å². The molecule has 15 heavy (non-hydrogen) atoms. The first-order valence-corrected chi connectivity index (χ1v) is 4.81. The summed E-state index contributed by atoms with van der Waals surface area (Å²) >= 11 is 0. The van der Waals surface area contributed by atoms with Crippen LogP contribution in [0, 0.1) is 0 Å². The van der Waals surface area contributed by atoms with Crippen LogP contribution in [0.5, 0.6) is 0 Å². The fraction of sp³-hybridized carbons (Fsp3) is 0.500. The molecule has 5 nitrogen and oxygen atoms in total. The van der Waals surface area contributed by atoms with E-state index in [4.69, 9.17) is 0 Å². The third-order valence-corrected chi connectivity index (χ3v) is 2.08. The lowest BCUT2D eigenvalue weighted by molar-refractivity contribution is -0.0608. The number of hydrazine groups is 2. The van der Waals surface area contributed by atoms with E-state index < -0.39 is 0 Å². The highest BCUT2D eigenvalue weighted by atomic mass is 15.8. The first-order chi connectivity index (χ1) is 7.06. The third-order valence-electron chi connectivity index (χ3n) is 2.08. The summed E-state index contributed by atoms with van der Waals surface area (Å²) in [6.07, 6.45) is 5.11. The lowest BCUT2D eigenvalue weighted by Crippen LogP contribution is -2.44. The van der Waals surface area contributed by atoms with Crippen LogP contribution in [0.25, 0.3) is 0 Å². The van der Waals surface area contributed by atoms with Gasteiger partial charge in [-0.25, -0.2) is 0 Å². The molecule has 0 amide bonds. The van der Waals surface area contributed by atoms with Gasteiger partial charge in [-0.05, 0) is 6.92 Å². The highest BCUT2D eigenvalue weighted by molar-refractivity contribution is 5.53. The second kappa shape index (κ2) is 6.89. The molecule has 0 aromatic heterocycles. The van der Waals surface area contributed by atoms with Crippen LogP contribution in [0.15, 0.2) is 30.7 Å². The van der Waals surface area contributed by atoms with Crippen LogP contribution >= 0.6 is 0 Å². The molecule has 5 heteroatoms. The van der Waals surface area contributed by atoms with E-state index in [0.717, 1.165) is 6.54 Å². The molecule has 0 spiro atoms. The van der Waals surface area contributed by atoms with Crippen molar-refractivity contribution in [2.24, 2.45) is 5.10 Å². The standard InChI is InChI=1S/C10H21N5/c1-7-12(4)14(6)13(5)10-11-15(8-2)9-3/h7-8,10H,1-2,9H2,3-6H3/b11-10-. The zero-order valence-electron chi connectivity index (χ0n) is 10.1. The van der Waals surface area contributed by atoms with Gasteiger partial charge in [0, 0.05) is 40.1 Å². The number of hydrogen-bond acceptors (Lipinski definition) is 4. The van der Waals surface area contributed by atoms with Gasteiger partial charge in [0.15, 0.2) is 0 Å². The van der Waals surface area contributed by atoms with Crippen molar-refractivity contribution in [3.63, 3.8) is 0 Å². The molecule has 0 radical (unpaired) electrons. The molecule has 0 atom stereocenters. The van der Waals surface area contributed by atoms with Gasteiger partial charge >= 0.3 is 0 Å². The maximum Gasteiger partial charge on any atom is 0.127 e. The lowest BCUT2D eigenvalue weighted by Gasteiger charge is -2.33. The Hall–Kier alpha value is -1.49. The summed E-state index contributed by atoms with van der Waals surface area (Å²) < 4.78 is 0. The minimum Gasteiger partial charge on any atom is -0.299 e. The predicted molar refractivity (Wildman–Crippen MR) is 64.6 cm³/mol. The second-order valence-corrected chi connectivity index (χ2v) is 2.99. The summed E-state index contributed by atoms with van der Waals surface area (Å²) in [4.78, 5) is 0. The molecule has 86 valence electrons. The van der Waals surface area contributed by atoms with Gasteiger partial charge in [0.1, 0.15) is 6.34 Å². The molecule has 0 N–H and O–H groups in total. The number of rotatable bonds is 7. The molecular formula is C10H21N5. The van der Waals surface area contributed by atoms with E-state index in [0.29, 0.717) is 0 Å². The summed E-state index contributed by atoms with van der Waals surface area (Å²) in [5, 5.41) is 11.5. The fourth-order valence-corrected chi connectivity index (χ4v) is 0.814. The van der Waals surface area contributed by atoms with Gasteiger partial charge in [0.2, 0.25) is 0 Å². The Balaban J connectivity index is 4.27. The quantitative estimate of drug-likeness (QED) is 0.358. The van der Waals surface area contributed by atoms with Crippen molar-refractivity contribution in [2.75, 3.05) is 27.7 Å². The van der Waals surface area contributed by atoms with Crippen molar-refractivity contribution in [1.29, 1.82) is 0 Å². The molecular weight excluding hydrogens is 190 g/mol. The van der Waals surface area contributed by atoms with Gasteiger partial charge in [0.25, 0.3) is 0 Å². The van der Waals surface area contributed by atoms with E-state index in [1.54, 1.807) is 23.7 Å². The van der Waals surface area contributed by atoms with Crippen molar-refractivity contribution in [1.82, 2.24) is 20.1 Å². The van der Waals surface area contributed by atoms with Crippen LogP contribution in [0.4, 0.5) is 0 Å². The molecule has 0 aliphatic carbocycles. The van der Waals surface area contributed by atoms with Crippen LogP contribution in [-0.2, 0) is 0 Å². The first-order valence-electron chi connectivity index (χ1n) is 4.81. The molecule has 0 aromatic carbocycles. The van der Waals surface area contributed by atoms with Crippen molar-refractivity contribution in [2.45, 2.75) is 6.92 Å². The molecule has 0 unspecified atom stereocenters. The Kier molecular flexibility index (Phi) is 6.21. The molecule has 0 rings (SSSR count). The maximum atomic E-state index is 4.21. The molecule has 0 aliphatic heterocycles. The first kappa shape index (κ1) is 13.5.